The summed E-state index contributed by atoms with van der Waals surface area (Å²) >= 11 is 1.35. The highest BCUT2D eigenvalue weighted by atomic mass is 32.1. The molecule has 1 aliphatic carbocycles. The first-order chi connectivity index (χ1) is 19.0. The average Bonchev–Trinajstić information content (AvgIpc) is 3.45. The number of hydrogen-bond acceptors (Lipinski definition) is 8. The van der Waals surface area contributed by atoms with Gasteiger partial charge in [0.1, 0.15) is 29.0 Å². The summed E-state index contributed by atoms with van der Waals surface area (Å²) in [5.41, 5.74) is 3.21. The van der Waals surface area contributed by atoms with Crippen molar-refractivity contribution in [3.8, 4) is 17.2 Å². The zero-order chi connectivity index (χ0) is 26.8. The number of fused-ring (bicyclic) bond motifs is 7. The van der Waals surface area contributed by atoms with Gasteiger partial charge in [0.15, 0.2) is 6.61 Å². The molecule has 1 saturated carbocycles. The number of ether oxygens (including phenoxy) is 3. The molecule has 3 amide bonds. The summed E-state index contributed by atoms with van der Waals surface area (Å²) in [7, 11) is 0. The molecule has 0 radical (unpaired) electrons. The third kappa shape index (κ3) is 6.14. The van der Waals surface area contributed by atoms with Gasteiger partial charge in [-0.3, -0.25) is 14.4 Å². The van der Waals surface area contributed by atoms with Gasteiger partial charge in [-0.1, -0.05) is 12.1 Å². The van der Waals surface area contributed by atoms with Gasteiger partial charge in [0, 0.05) is 30.1 Å². The highest BCUT2D eigenvalue weighted by molar-refractivity contribution is 7.07. The highest BCUT2D eigenvalue weighted by Crippen LogP contribution is 2.31. The summed E-state index contributed by atoms with van der Waals surface area (Å²) in [6, 6.07) is 11.8. The van der Waals surface area contributed by atoms with Crippen molar-refractivity contribution < 1.29 is 28.6 Å². The molecule has 11 heteroatoms. The maximum atomic E-state index is 13.5. The molecule has 10 nitrogen and oxygen atoms in total. The zero-order valence-electron chi connectivity index (χ0n) is 21.1. The lowest BCUT2D eigenvalue weighted by molar-refractivity contribution is -0.123. The van der Waals surface area contributed by atoms with Gasteiger partial charge in [-0.05, 0) is 48.6 Å². The lowest BCUT2D eigenvalue weighted by Crippen LogP contribution is -2.45. The molecular formula is C28H28N4O6S. The van der Waals surface area contributed by atoms with E-state index in [1.54, 1.807) is 34.0 Å². The van der Waals surface area contributed by atoms with Crippen LogP contribution in [0.25, 0.3) is 0 Å². The lowest BCUT2D eigenvalue weighted by atomic mass is 10.1. The van der Waals surface area contributed by atoms with E-state index in [-0.39, 0.29) is 37.4 Å². The molecule has 4 bridgehead atoms. The van der Waals surface area contributed by atoms with Crippen LogP contribution in [0.1, 0.15) is 39.3 Å². The van der Waals surface area contributed by atoms with Gasteiger partial charge in [-0.15, -0.1) is 11.3 Å². The van der Waals surface area contributed by atoms with Gasteiger partial charge in [0.2, 0.25) is 0 Å². The van der Waals surface area contributed by atoms with Crippen molar-refractivity contribution in [3.05, 3.63) is 70.2 Å². The molecule has 4 aliphatic rings. The molecule has 7 rings (SSSR count). The number of nitrogens with one attached hydrogen (secondary N) is 2. The first kappa shape index (κ1) is 25.2. The molecule has 2 fully saturated rings. The monoisotopic (exact) mass is 548 g/mol. The largest absolute Gasteiger partial charge is 0.493 e. The van der Waals surface area contributed by atoms with E-state index in [0.717, 1.165) is 18.4 Å². The van der Waals surface area contributed by atoms with Crippen LogP contribution in [0.5, 0.6) is 17.2 Å². The number of aromatic nitrogens is 1. The number of amides is 3. The number of hydrogen-bond donors (Lipinski definition) is 2. The molecule has 1 aromatic heterocycles. The van der Waals surface area contributed by atoms with Gasteiger partial charge in [-0.2, -0.15) is 0 Å². The Morgan fingerprint density at radius 3 is 2.72 bits per heavy atom. The van der Waals surface area contributed by atoms with Gasteiger partial charge in [0.25, 0.3) is 17.7 Å². The normalized spacial score (nSPS) is 21.2. The van der Waals surface area contributed by atoms with E-state index < -0.39 is 12.1 Å². The first-order valence-corrected chi connectivity index (χ1v) is 13.9. The Morgan fingerprint density at radius 2 is 1.95 bits per heavy atom. The van der Waals surface area contributed by atoms with Crippen LogP contribution in [0.15, 0.2) is 53.4 Å². The van der Waals surface area contributed by atoms with E-state index in [4.69, 9.17) is 14.2 Å². The first-order valence-electron chi connectivity index (χ1n) is 12.9. The zero-order valence-corrected chi connectivity index (χ0v) is 21.9. The lowest BCUT2D eigenvalue weighted by Gasteiger charge is -2.21. The number of nitrogens with zero attached hydrogens (tertiary/aromatic N) is 2. The second-order valence-electron chi connectivity index (χ2n) is 9.98. The summed E-state index contributed by atoms with van der Waals surface area (Å²) in [6.07, 6.45) is 1.78. The average molecular weight is 549 g/mol. The molecule has 2 atom stereocenters. The number of rotatable bonds is 4. The Kier molecular flexibility index (Phi) is 7.06. The van der Waals surface area contributed by atoms with Crippen molar-refractivity contribution in [2.75, 3.05) is 26.3 Å². The molecule has 1 saturated heterocycles. The minimum atomic E-state index is -0.484. The summed E-state index contributed by atoms with van der Waals surface area (Å²) in [5, 5.41) is 7.60. The van der Waals surface area contributed by atoms with Crippen molar-refractivity contribution in [1.82, 2.24) is 20.5 Å². The molecule has 2 aromatic carbocycles. The number of carbonyl (C=O) groups is 3. The fourth-order valence-electron chi connectivity index (χ4n) is 4.56. The van der Waals surface area contributed by atoms with Crippen LogP contribution in [0.3, 0.4) is 0 Å². The SMILES string of the molecule is O=C1COc2cc(OCC3CC3)cc(c2)C(=O)N[C@H]2CN(C(=O)c3cscn3)C[C@@H]2Oc2ccc(cc2)CN1. The standard InChI is InChI=1S/C28H28N4O6S/c33-26-14-37-22-8-19(7-21(9-22)36-13-18-1-2-18)27(34)31-23-11-32(28(35)24-15-39-16-30-24)12-25(23)38-20-5-3-17(4-6-20)10-29-26/h3-9,15-16,18,23,25H,1-2,10-14H2,(H,29,33)(H,31,34)/t23-,25-/m0/s1. The molecule has 0 spiro atoms. The molecule has 0 unspecified atom stereocenters. The number of carbonyl (C=O) groups excluding carboxylic acids is 3. The van der Waals surface area contributed by atoms with Crippen LogP contribution < -0.4 is 24.8 Å². The molecular weight excluding hydrogens is 520 g/mol. The predicted molar refractivity (Wildman–Crippen MR) is 142 cm³/mol. The van der Waals surface area contributed by atoms with E-state index in [9.17, 15) is 14.4 Å². The Labute approximate surface area is 229 Å². The summed E-state index contributed by atoms with van der Waals surface area (Å²) in [5.74, 6) is 1.13. The van der Waals surface area contributed by atoms with Crippen molar-refractivity contribution in [3.63, 3.8) is 0 Å². The van der Waals surface area contributed by atoms with Gasteiger partial charge < -0.3 is 29.7 Å². The Morgan fingerprint density at radius 1 is 1.10 bits per heavy atom. The van der Waals surface area contributed by atoms with Crippen LogP contribution in [-0.4, -0.2) is 66.1 Å². The van der Waals surface area contributed by atoms with Crippen LogP contribution in [0.2, 0.25) is 0 Å². The van der Waals surface area contributed by atoms with Gasteiger partial charge in [-0.25, -0.2) is 4.98 Å². The topological polar surface area (TPSA) is 119 Å². The van der Waals surface area contributed by atoms with Crippen molar-refractivity contribution >= 4 is 29.1 Å². The molecule has 39 heavy (non-hydrogen) atoms. The van der Waals surface area contributed by atoms with Crippen LogP contribution >= 0.6 is 11.3 Å². The fraction of sp³-hybridized carbons (Fsp3) is 0.357. The number of thiazole rings is 1. The summed E-state index contributed by atoms with van der Waals surface area (Å²) in [4.78, 5) is 44.7. The maximum absolute atomic E-state index is 13.5. The molecule has 2 N–H and O–H groups in total. The molecule has 3 aliphatic heterocycles. The van der Waals surface area contributed by atoms with E-state index in [0.29, 0.717) is 47.6 Å². The van der Waals surface area contributed by atoms with Crippen molar-refractivity contribution in [2.45, 2.75) is 31.5 Å². The second kappa shape index (κ2) is 10.9. The quantitative estimate of drug-likeness (QED) is 0.515. The molecule has 3 aromatic rings. The van der Waals surface area contributed by atoms with Crippen molar-refractivity contribution in [1.29, 1.82) is 0 Å². The highest BCUT2D eigenvalue weighted by Gasteiger charge is 2.39. The van der Waals surface area contributed by atoms with Crippen LogP contribution in [-0.2, 0) is 11.3 Å². The fourth-order valence-corrected chi connectivity index (χ4v) is 5.08. The molecule has 4 heterocycles. The number of benzene rings is 2. The van der Waals surface area contributed by atoms with Crippen LogP contribution in [0, 0.1) is 5.92 Å². The Hall–Kier alpha value is -4.12. The third-order valence-corrected chi connectivity index (χ3v) is 7.50. The van der Waals surface area contributed by atoms with E-state index in [2.05, 4.69) is 15.6 Å². The van der Waals surface area contributed by atoms with Gasteiger partial charge >= 0.3 is 0 Å². The third-order valence-electron chi connectivity index (χ3n) is 6.92. The minimum absolute atomic E-state index is 0.202. The van der Waals surface area contributed by atoms with E-state index >= 15 is 0 Å². The van der Waals surface area contributed by atoms with Crippen LogP contribution in [0.4, 0.5) is 0 Å². The molecule has 202 valence electrons. The maximum Gasteiger partial charge on any atom is 0.273 e. The predicted octanol–water partition coefficient (Wildman–Crippen LogP) is 2.64. The Balaban J connectivity index is 1.29. The smallest absolute Gasteiger partial charge is 0.273 e. The van der Waals surface area contributed by atoms with Crippen molar-refractivity contribution in [2.24, 2.45) is 5.92 Å². The summed E-state index contributed by atoms with van der Waals surface area (Å²) in [6.45, 7) is 1.25. The Bertz CT molecular complexity index is 1360. The minimum Gasteiger partial charge on any atom is -0.493 e. The van der Waals surface area contributed by atoms with E-state index in [1.807, 2.05) is 24.3 Å². The summed E-state index contributed by atoms with van der Waals surface area (Å²) < 4.78 is 17.9. The number of likely N-dealkylation sites (tertiary alicyclic amines) is 1. The van der Waals surface area contributed by atoms with E-state index in [1.165, 1.54) is 11.3 Å². The second-order valence-corrected chi connectivity index (χ2v) is 10.7. The van der Waals surface area contributed by atoms with Gasteiger partial charge in [0.05, 0.1) is 24.7 Å².